The van der Waals surface area contributed by atoms with E-state index in [9.17, 15) is 19.5 Å². The van der Waals surface area contributed by atoms with E-state index in [1.165, 1.54) is 0 Å². The van der Waals surface area contributed by atoms with Crippen molar-refractivity contribution < 1.29 is 19.5 Å². The molecule has 152 valence electrons. The summed E-state index contributed by atoms with van der Waals surface area (Å²) in [4.78, 5) is 40.5. The summed E-state index contributed by atoms with van der Waals surface area (Å²) < 4.78 is 0. The van der Waals surface area contributed by atoms with Gasteiger partial charge >= 0.3 is 5.97 Å². The highest BCUT2D eigenvalue weighted by Crippen LogP contribution is 2.44. The molecule has 2 fully saturated rings. The predicted molar refractivity (Wildman–Crippen MR) is 110 cm³/mol. The zero-order valence-corrected chi connectivity index (χ0v) is 16.9. The zero-order valence-electron chi connectivity index (χ0n) is 16.9. The van der Waals surface area contributed by atoms with E-state index in [2.05, 4.69) is 0 Å². The van der Waals surface area contributed by atoms with Gasteiger partial charge in [0.25, 0.3) is 5.91 Å². The largest absolute Gasteiger partial charge is 0.480 e. The Bertz CT molecular complexity index is 992. The number of carboxylic acid groups (broad SMARTS) is 1. The van der Waals surface area contributed by atoms with Crippen molar-refractivity contribution in [3.63, 3.8) is 0 Å². The fourth-order valence-corrected chi connectivity index (χ4v) is 4.94. The fourth-order valence-electron chi connectivity index (χ4n) is 4.94. The van der Waals surface area contributed by atoms with Crippen LogP contribution in [-0.4, -0.2) is 58.4 Å². The maximum Gasteiger partial charge on any atom is 0.326 e. The molecule has 2 heterocycles. The Kier molecular flexibility index (Phi) is 4.81. The fraction of sp³-hybridized carbons (Fsp3) is 0.435. The molecule has 2 aromatic carbocycles. The number of carbonyl (C=O) groups is 3. The molecule has 0 aliphatic carbocycles. The molecular formula is C23H26N2O4. The van der Waals surface area contributed by atoms with E-state index >= 15 is 0 Å². The van der Waals surface area contributed by atoms with Crippen LogP contribution in [-0.2, 0) is 9.59 Å². The Labute approximate surface area is 170 Å². The minimum absolute atomic E-state index is 0.0479. The van der Waals surface area contributed by atoms with Gasteiger partial charge in [0.2, 0.25) is 5.91 Å². The van der Waals surface area contributed by atoms with Crippen molar-refractivity contribution in [1.29, 1.82) is 0 Å². The molecule has 2 aliphatic rings. The van der Waals surface area contributed by atoms with Gasteiger partial charge in [0, 0.05) is 32.1 Å². The Balaban J connectivity index is 1.65. The SMILES string of the molecule is CC(=O)N1CCC2(CC1)C[C@H](C(=O)O)N(C(=O)c1ccc(C)c3ccccc13)C2. The average molecular weight is 394 g/mol. The monoisotopic (exact) mass is 394 g/mol. The summed E-state index contributed by atoms with van der Waals surface area (Å²) in [6.45, 7) is 5.24. The number of likely N-dealkylation sites (tertiary alicyclic amines) is 2. The van der Waals surface area contributed by atoms with Gasteiger partial charge < -0.3 is 14.9 Å². The number of aliphatic carboxylic acids is 1. The van der Waals surface area contributed by atoms with Crippen molar-refractivity contribution in [2.24, 2.45) is 5.41 Å². The topological polar surface area (TPSA) is 77.9 Å². The Hall–Kier alpha value is -2.89. The molecule has 4 rings (SSSR count). The lowest BCUT2D eigenvalue weighted by atomic mass is 9.76. The van der Waals surface area contributed by atoms with E-state index in [4.69, 9.17) is 0 Å². The van der Waals surface area contributed by atoms with Gasteiger partial charge in [-0.2, -0.15) is 0 Å². The third-order valence-corrected chi connectivity index (χ3v) is 6.70. The predicted octanol–water partition coefficient (Wildman–Crippen LogP) is 3.08. The number of carboxylic acids is 1. The van der Waals surface area contributed by atoms with Crippen LogP contribution in [0.15, 0.2) is 36.4 Å². The molecule has 29 heavy (non-hydrogen) atoms. The van der Waals surface area contributed by atoms with Crippen molar-refractivity contribution in [3.05, 3.63) is 47.5 Å². The first kappa shape index (κ1) is 19.4. The Morgan fingerprint density at radius 2 is 1.69 bits per heavy atom. The second kappa shape index (κ2) is 7.17. The van der Waals surface area contributed by atoms with Gasteiger partial charge in [0.15, 0.2) is 0 Å². The van der Waals surface area contributed by atoms with Crippen LogP contribution >= 0.6 is 0 Å². The Morgan fingerprint density at radius 1 is 1.03 bits per heavy atom. The van der Waals surface area contributed by atoms with E-state index in [1.54, 1.807) is 16.7 Å². The second-order valence-electron chi connectivity index (χ2n) is 8.47. The molecule has 0 bridgehead atoms. The lowest BCUT2D eigenvalue weighted by Gasteiger charge is -2.38. The van der Waals surface area contributed by atoms with Crippen LogP contribution in [0.3, 0.4) is 0 Å². The first-order chi connectivity index (χ1) is 13.8. The number of amides is 2. The summed E-state index contributed by atoms with van der Waals surface area (Å²) in [7, 11) is 0. The smallest absolute Gasteiger partial charge is 0.326 e. The number of hydrogen-bond donors (Lipinski definition) is 1. The molecule has 2 amide bonds. The average Bonchev–Trinajstić information content (AvgIpc) is 3.08. The number of aryl methyl sites for hydroxylation is 1. The highest BCUT2D eigenvalue weighted by Gasteiger charge is 2.50. The molecule has 1 atom stereocenters. The molecule has 1 N–H and O–H groups in total. The van der Waals surface area contributed by atoms with Crippen molar-refractivity contribution in [3.8, 4) is 0 Å². The molecule has 0 saturated carbocycles. The number of fused-ring (bicyclic) bond motifs is 1. The lowest BCUT2D eigenvalue weighted by molar-refractivity contribution is -0.141. The molecule has 2 aromatic rings. The summed E-state index contributed by atoms with van der Waals surface area (Å²) in [6.07, 6.45) is 1.91. The van der Waals surface area contributed by atoms with Gasteiger partial charge in [-0.25, -0.2) is 4.79 Å². The minimum atomic E-state index is -0.958. The van der Waals surface area contributed by atoms with Crippen LogP contribution in [0.25, 0.3) is 10.8 Å². The number of piperidine rings is 1. The third kappa shape index (κ3) is 3.37. The summed E-state index contributed by atoms with van der Waals surface area (Å²) in [5.41, 5.74) is 1.41. The van der Waals surface area contributed by atoms with Gasteiger partial charge in [0.1, 0.15) is 6.04 Å². The van der Waals surface area contributed by atoms with E-state index in [0.717, 1.165) is 29.2 Å². The van der Waals surface area contributed by atoms with Crippen molar-refractivity contribution in [1.82, 2.24) is 9.80 Å². The number of carbonyl (C=O) groups excluding carboxylic acids is 2. The zero-order chi connectivity index (χ0) is 20.8. The quantitative estimate of drug-likeness (QED) is 0.849. The number of hydrogen-bond acceptors (Lipinski definition) is 3. The van der Waals surface area contributed by atoms with E-state index in [1.807, 2.05) is 43.3 Å². The van der Waals surface area contributed by atoms with Crippen LogP contribution in [0.2, 0.25) is 0 Å². The molecule has 6 heteroatoms. The van der Waals surface area contributed by atoms with Gasteiger partial charge in [-0.05, 0) is 54.0 Å². The molecule has 2 saturated heterocycles. The van der Waals surface area contributed by atoms with E-state index in [0.29, 0.717) is 31.6 Å². The molecule has 1 spiro atoms. The van der Waals surface area contributed by atoms with Gasteiger partial charge in [-0.1, -0.05) is 30.3 Å². The van der Waals surface area contributed by atoms with Crippen LogP contribution in [0.4, 0.5) is 0 Å². The van der Waals surface area contributed by atoms with Gasteiger partial charge in [-0.15, -0.1) is 0 Å². The van der Waals surface area contributed by atoms with Gasteiger partial charge in [-0.3, -0.25) is 9.59 Å². The molecule has 2 aliphatic heterocycles. The van der Waals surface area contributed by atoms with Crippen molar-refractivity contribution in [2.45, 2.75) is 39.2 Å². The summed E-state index contributed by atoms with van der Waals surface area (Å²) in [5, 5.41) is 11.7. The van der Waals surface area contributed by atoms with Crippen molar-refractivity contribution >= 4 is 28.6 Å². The number of nitrogens with zero attached hydrogens (tertiary/aromatic N) is 2. The minimum Gasteiger partial charge on any atom is -0.480 e. The molecule has 0 aromatic heterocycles. The van der Waals surface area contributed by atoms with E-state index in [-0.39, 0.29) is 17.2 Å². The summed E-state index contributed by atoms with van der Waals surface area (Å²) >= 11 is 0. The van der Waals surface area contributed by atoms with Crippen LogP contribution < -0.4 is 0 Å². The van der Waals surface area contributed by atoms with E-state index < -0.39 is 12.0 Å². The van der Waals surface area contributed by atoms with Crippen LogP contribution in [0.5, 0.6) is 0 Å². The van der Waals surface area contributed by atoms with Crippen molar-refractivity contribution in [2.75, 3.05) is 19.6 Å². The van der Waals surface area contributed by atoms with Gasteiger partial charge in [0.05, 0.1) is 0 Å². The maximum atomic E-state index is 13.5. The third-order valence-electron chi connectivity index (χ3n) is 6.70. The number of benzene rings is 2. The highest BCUT2D eigenvalue weighted by atomic mass is 16.4. The molecule has 6 nitrogen and oxygen atoms in total. The maximum absolute atomic E-state index is 13.5. The standard InChI is InChI=1S/C23H26N2O4/c1-15-7-8-19(18-6-4-3-5-17(15)18)21(27)25-14-23(13-20(25)22(28)29)9-11-24(12-10-23)16(2)26/h3-8,20H,9-14H2,1-2H3,(H,28,29)/t20-/m1/s1. The highest BCUT2D eigenvalue weighted by molar-refractivity contribution is 6.08. The van der Waals surface area contributed by atoms with Crippen LogP contribution in [0.1, 0.15) is 42.1 Å². The summed E-state index contributed by atoms with van der Waals surface area (Å²) in [6, 6.07) is 10.6. The Morgan fingerprint density at radius 3 is 2.31 bits per heavy atom. The lowest BCUT2D eigenvalue weighted by Crippen LogP contribution is -2.44. The molecular weight excluding hydrogens is 368 g/mol. The first-order valence-electron chi connectivity index (χ1n) is 10.1. The first-order valence-corrected chi connectivity index (χ1v) is 10.1. The number of rotatable bonds is 2. The second-order valence-corrected chi connectivity index (χ2v) is 8.47. The normalized spacial score (nSPS) is 21.0. The summed E-state index contributed by atoms with van der Waals surface area (Å²) in [5.74, 6) is -1.13. The molecule has 0 unspecified atom stereocenters. The molecule has 0 radical (unpaired) electrons. The van der Waals surface area contributed by atoms with Crippen LogP contribution in [0, 0.1) is 12.3 Å².